The van der Waals surface area contributed by atoms with Crippen molar-refractivity contribution >= 4 is 17.2 Å². The molecule has 33 heavy (non-hydrogen) atoms. The van der Waals surface area contributed by atoms with E-state index in [9.17, 15) is 22.4 Å². The predicted molar refractivity (Wildman–Crippen MR) is 115 cm³/mol. The molecule has 1 N–H and O–H groups in total. The lowest BCUT2D eigenvalue weighted by atomic mass is 10.0. The minimum Gasteiger partial charge on any atom is -0.350 e. The molecule has 0 saturated carbocycles. The maximum Gasteiger partial charge on any atom is 0.254 e. The van der Waals surface area contributed by atoms with Gasteiger partial charge < -0.3 is 5.32 Å². The lowest BCUT2D eigenvalue weighted by molar-refractivity contribution is -0.0629. The number of hydrogen-bond acceptors (Lipinski definition) is 6. The Morgan fingerprint density at radius 2 is 1.85 bits per heavy atom. The summed E-state index contributed by atoms with van der Waals surface area (Å²) in [6.07, 6.45) is 3.12. The van der Waals surface area contributed by atoms with E-state index in [1.54, 1.807) is 6.20 Å². The molecule has 1 amide bonds. The monoisotopic (exact) mass is 479 g/mol. The fraction of sp³-hybridized carbons (Fsp3) is 0.364. The lowest BCUT2D eigenvalue weighted by Gasteiger charge is -2.37. The van der Waals surface area contributed by atoms with Crippen molar-refractivity contribution in [2.45, 2.75) is 31.7 Å². The molecule has 3 aromatic rings. The molecule has 2 aromatic heterocycles. The molecule has 0 bridgehead atoms. The highest BCUT2D eigenvalue weighted by Gasteiger charge is 2.37. The van der Waals surface area contributed by atoms with E-state index in [0.717, 1.165) is 28.3 Å². The second-order valence-electron chi connectivity index (χ2n) is 7.82. The summed E-state index contributed by atoms with van der Waals surface area (Å²) in [4.78, 5) is 27.5. The van der Waals surface area contributed by atoms with Gasteiger partial charge in [-0.3, -0.25) is 9.69 Å². The molecule has 174 valence electrons. The summed E-state index contributed by atoms with van der Waals surface area (Å²) in [5.41, 5.74) is 0.138. The van der Waals surface area contributed by atoms with Crippen LogP contribution in [-0.2, 0) is 0 Å². The Balaban J connectivity index is 1.51. The van der Waals surface area contributed by atoms with E-state index < -0.39 is 23.5 Å². The lowest BCUT2D eigenvalue weighted by Crippen LogP contribution is -2.44. The van der Waals surface area contributed by atoms with Gasteiger partial charge in [0.25, 0.3) is 11.8 Å². The van der Waals surface area contributed by atoms with E-state index in [0.29, 0.717) is 5.56 Å². The highest BCUT2D eigenvalue weighted by molar-refractivity contribution is 7.11. The number of carbonyl (C=O) groups is 1. The van der Waals surface area contributed by atoms with E-state index in [-0.39, 0.29) is 49.9 Å². The summed E-state index contributed by atoms with van der Waals surface area (Å²) in [5.74, 6) is -4.55. The molecule has 1 aliphatic heterocycles. The molecule has 1 fully saturated rings. The number of alkyl halides is 2. The minimum atomic E-state index is -2.69. The number of benzene rings is 1. The molecular formula is C22H21F4N5OS. The zero-order chi connectivity index (χ0) is 23.6. The van der Waals surface area contributed by atoms with E-state index >= 15 is 0 Å². The molecular weight excluding hydrogens is 458 g/mol. The van der Waals surface area contributed by atoms with Gasteiger partial charge >= 0.3 is 0 Å². The maximum atomic E-state index is 14.4. The average molecular weight is 480 g/mol. The van der Waals surface area contributed by atoms with Crippen LogP contribution >= 0.6 is 11.3 Å². The summed E-state index contributed by atoms with van der Waals surface area (Å²) >= 11 is 1.43. The number of aryl methyl sites for hydroxylation is 1. The van der Waals surface area contributed by atoms with Crippen LogP contribution in [0.1, 0.15) is 39.1 Å². The van der Waals surface area contributed by atoms with Crippen molar-refractivity contribution in [1.82, 2.24) is 25.2 Å². The van der Waals surface area contributed by atoms with Gasteiger partial charge in [0.05, 0.1) is 29.0 Å². The topological polar surface area (TPSA) is 71.0 Å². The zero-order valence-corrected chi connectivity index (χ0v) is 18.5. The quantitative estimate of drug-likeness (QED) is 0.531. The van der Waals surface area contributed by atoms with Crippen molar-refractivity contribution in [2.75, 3.05) is 19.6 Å². The summed E-state index contributed by atoms with van der Waals surface area (Å²) in [5, 5.41) is 3.54. The molecule has 0 aliphatic carbocycles. The van der Waals surface area contributed by atoms with Gasteiger partial charge in [-0.2, -0.15) is 0 Å². The van der Waals surface area contributed by atoms with Crippen molar-refractivity contribution in [1.29, 1.82) is 0 Å². The average Bonchev–Trinajstić information content (AvgIpc) is 3.21. The zero-order valence-electron chi connectivity index (χ0n) is 17.7. The molecule has 4 rings (SSSR count). The van der Waals surface area contributed by atoms with E-state index in [1.165, 1.54) is 23.5 Å². The van der Waals surface area contributed by atoms with Gasteiger partial charge in [0.15, 0.2) is 11.6 Å². The molecule has 3 heterocycles. The fourth-order valence-electron chi connectivity index (χ4n) is 3.69. The third-order valence-electron chi connectivity index (χ3n) is 5.48. The first-order chi connectivity index (χ1) is 15.7. The van der Waals surface area contributed by atoms with Crippen LogP contribution < -0.4 is 5.32 Å². The summed E-state index contributed by atoms with van der Waals surface area (Å²) < 4.78 is 54.8. The largest absolute Gasteiger partial charge is 0.350 e. The minimum absolute atomic E-state index is 0.1000. The van der Waals surface area contributed by atoms with E-state index in [1.807, 2.05) is 11.8 Å². The number of aromatic nitrogens is 3. The van der Waals surface area contributed by atoms with Crippen LogP contribution in [0.2, 0.25) is 0 Å². The second-order valence-corrected chi connectivity index (χ2v) is 9.09. The van der Waals surface area contributed by atoms with E-state index in [4.69, 9.17) is 0 Å². The van der Waals surface area contributed by atoms with Gasteiger partial charge in [-0.15, -0.1) is 11.3 Å². The summed E-state index contributed by atoms with van der Waals surface area (Å²) in [6, 6.07) is 3.46. The highest BCUT2D eigenvalue weighted by atomic mass is 32.1. The van der Waals surface area contributed by atoms with Crippen molar-refractivity contribution < 1.29 is 22.4 Å². The normalized spacial score (nSPS) is 17.0. The molecule has 1 aliphatic rings. The summed E-state index contributed by atoms with van der Waals surface area (Å²) in [6.45, 7) is 2.29. The Labute approximate surface area is 191 Å². The van der Waals surface area contributed by atoms with Crippen LogP contribution in [0, 0.1) is 18.6 Å². The van der Waals surface area contributed by atoms with Gasteiger partial charge in [-0.05, 0) is 25.1 Å². The van der Waals surface area contributed by atoms with Gasteiger partial charge in [0.1, 0.15) is 5.82 Å². The number of halogens is 4. The fourth-order valence-corrected chi connectivity index (χ4v) is 4.61. The molecule has 1 unspecified atom stereocenters. The predicted octanol–water partition coefficient (Wildman–Crippen LogP) is 4.39. The van der Waals surface area contributed by atoms with Gasteiger partial charge in [-0.1, -0.05) is 0 Å². The van der Waals surface area contributed by atoms with Crippen LogP contribution in [0.4, 0.5) is 17.6 Å². The highest BCUT2D eigenvalue weighted by Crippen LogP contribution is 2.34. The number of hydrogen-bond donors (Lipinski definition) is 1. The molecule has 1 atom stereocenters. The third kappa shape index (κ3) is 5.53. The Morgan fingerprint density at radius 1 is 1.15 bits per heavy atom. The Hall–Kier alpha value is -2.92. The molecule has 0 spiro atoms. The number of amides is 1. The Kier molecular flexibility index (Phi) is 6.71. The van der Waals surface area contributed by atoms with Crippen molar-refractivity contribution in [3.05, 3.63) is 63.9 Å². The maximum absolute atomic E-state index is 14.4. The number of likely N-dealkylation sites (tertiary alicyclic amines) is 1. The van der Waals surface area contributed by atoms with Crippen LogP contribution in [-0.4, -0.2) is 51.3 Å². The van der Waals surface area contributed by atoms with Crippen LogP contribution in [0.25, 0.3) is 11.4 Å². The van der Waals surface area contributed by atoms with Gasteiger partial charge in [0.2, 0.25) is 0 Å². The third-order valence-corrected chi connectivity index (χ3v) is 6.50. The standard InChI is InChI=1S/C22H21F4N5OS/c1-13-27-12-19(33-13)18(31-6-4-22(25,26)5-7-31)11-30-21(32)16-8-14(2-3-17(16)24)20-28-9-15(23)10-29-20/h2-3,8-10,12,18H,4-7,11H2,1H3,(H,30,32). The van der Waals surface area contributed by atoms with Crippen molar-refractivity contribution in [3.63, 3.8) is 0 Å². The Bertz CT molecular complexity index is 1130. The van der Waals surface area contributed by atoms with Crippen molar-refractivity contribution in [3.8, 4) is 11.4 Å². The van der Waals surface area contributed by atoms with Crippen molar-refractivity contribution in [2.24, 2.45) is 0 Å². The molecule has 0 radical (unpaired) electrons. The van der Waals surface area contributed by atoms with Gasteiger partial charge in [-0.25, -0.2) is 32.5 Å². The molecule has 6 nitrogen and oxygen atoms in total. The molecule has 11 heteroatoms. The SMILES string of the molecule is Cc1ncc(C(CNC(=O)c2cc(-c3ncc(F)cn3)ccc2F)N2CCC(F)(F)CC2)s1. The first kappa shape index (κ1) is 23.2. The number of nitrogens with one attached hydrogen (secondary N) is 1. The van der Waals surface area contributed by atoms with Crippen LogP contribution in [0.3, 0.4) is 0 Å². The number of carbonyl (C=O) groups excluding carboxylic acids is 1. The number of nitrogens with zero attached hydrogens (tertiary/aromatic N) is 4. The van der Waals surface area contributed by atoms with Crippen LogP contribution in [0.15, 0.2) is 36.8 Å². The smallest absolute Gasteiger partial charge is 0.254 e. The number of rotatable bonds is 6. The number of thiazole rings is 1. The summed E-state index contributed by atoms with van der Waals surface area (Å²) in [7, 11) is 0. The molecule has 1 saturated heterocycles. The Morgan fingerprint density at radius 3 is 2.48 bits per heavy atom. The first-order valence-corrected chi connectivity index (χ1v) is 11.1. The first-order valence-electron chi connectivity index (χ1n) is 10.3. The molecule has 1 aromatic carbocycles. The van der Waals surface area contributed by atoms with E-state index in [2.05, 4.69) is 20.3 Å². The van der Waals surface area contributed by atoms with Crippen LogP contribution in [0.5, 0.6) is 0 Å². The number of piperidine rings is 1. The van der Waals surface area contributed by atoms with Gasteiger partial charge in [0, 0.05) is 49.1 Å². The second kappa shape index (κ2) is 9.52.